The van der Waals surface area contributed by atoms with Crippen LogP contribution < -0.4 is 4.90 Å². The first-order valence-electron chi connectivity index (χ1n) is 4.01. The molecule has 2 nitrogen and oxygen atoms in total. The summed E-state index contributed by atoms with van der Waals surface area (Å²) in [4.78, 5) is 13.2. The molecule has 0 spiro atoms. The lowest BCUT2D eigenvalue weighted by Crippen LogP contribution is -2.09. The normalized spacial score (nSPS) is 9.07. The van der Waals surface area contributed by atoms with Crippen molar-refractivity contribution in [3.8, 4) is 0 Å². The Labute approximate surface area is 94.1 Å². The lowest BCUT2D eigenvalue weighted by Gasteiger charge is -2.11. The number of nitrogens with zero attached hydrogens (tertiary/aromatic N) is 1. The van der Waals surface area contributed by atoms with Gasteiger partial charge in [-0.05, 0) is 24.3 Å². The van der Waals surface area contributed by atoms with Crippen LogP contribution in [0.5, 0.6) is 0 Å². The summed E-state index contributed by atoms with van der Waals surface area (Å²) in [5.74, 6) is 0.116. The van der Waals surface area contributed by atoms with E-state index in [4.69, 9.17) is 0 Å². The van der Waals surface area contributed by atoms with Crippen LogP contribution in [0.3, 0.4) is 0 Å². The van der Waals surface area contributed by atoms with Gasteiger partial charge >= 0.3 is 0 Å². The van der Waals surface area contributed by atoms with Gasteiger partial charge in [0, 0.05) is 25.3 Å². The summed E-state index contributed by atoms with van der Waals surface area (Å²) in [6.45, 7) is 0. The number of ketones is 1. The Hall–Kier alpha value is -0.830. The average Bonchev–Trinajstić information content (AvgIpc) is 2.17. The van der Waals surface area contributed by atoms with Crippen molar-refractivity contribution in [2.45, 2.75) is 7.43 Å². The fourth-order valence-electron chi connectivity index (χ4n) is 1.02. The lowest BCUT2D eigenvalue weighted by molar-refractivity contribution is 0.102. The predicted octanol–water partition coefficient (Wildman–Crippen LogP) is 2.97. The van der Waals surface area contributed by atoms with E-state index in [1.165, 1.54) is 0 Å². The summed E-state index contributed by atoms with van der Waals surface area (Å²) in [7, 11) is 3.95. The van der Waals surface area contributed by atoms with Crippen LogP contribution in [0, 0.1) is 0 Å². The highest BCUT2D eigenvalue weighted by atomic mass is 79.9. The molecule has 0 radical (unpaired) electrons. The Bertz CT molecular complexity index is 293. The Kier molecular flexibility index (Phi) is 5.46. The van der Waals surface area contributed by atoms with Crippen molar-refractivity contribution in [1.82, 2.24) is 0 Å². The zero-order valence-electron chi connectivity index (χ0n) is 7.75. The van der Waals surface area contributed by atoms with Crippen molar-refractivity contribution in [2.75, 3.05) is 24.3 Å². The Morgan fingerprint density at radius 3 is 2.14 bits per heavy atom. The molecule has 0 saturated heterocycles. The van der Waals surface area contributed by atoms with E-state index in [9.17, 15) is 4.79 Å². The molecule has 0 aliphatic carbocycles. The second-order valence-electron chi connectivity index (χ2n) is 3.00. The molecule has 0 aliphatic rings. The van der Waals surface area contributed by atoms with E-state index in [1.807, 2.05) is 43.3 Å². The van der Waals surface area contributed by atoms with E-state index >= 15 is 0 Å². The van der Waals surface area contributed by atoms with Crippen molar-refractivity contribution in [3.05, 3.63) is 29.8 Å². The molecular formula is C11H16BrNO. The molecule has 0 unspecified atom stereocenters. The van der Waals surface area contributed by atoms with E-state index in [0.717, 1.165) is 11.3 Å². The zero-order valence-corrected chi connectivity index (χ0v) is 9.34. The van der Waals surface area contributed by atoms with Gasteiger partial charge < -0.3 is 4.90 Å². The molecule has 14 heavy (non-hydrogen) atoms. The SMILES string of the molecule is C.CN(C)c1ccc(C(=O)CBr)cc1. The van der Waals surface area contributed by atoms with Crippen molar-refractivity contribution < 1.29 is 4.79 Å². The number of hydrogen-bond acceptors (Lipinski definition) is 2. The largest absolute Gasteiger partial charge is 0.378 e. The minimum atomic E-state index is 0. The molecule has 0 atom stereocenters. The summed E-state index contributed by atoms with van der Waals surface area (Å²) in [5.41, 5.74) is 1.86. The highest BCUT2D eigenvalue weighted by molar-refractivity contribution is 9.09. The van der Waals surface area contributed by atoms with Crippen LogP contribution >= 0.6 is 15.9 Å². The molecule has 0 fully saturated rings. The monoisotopic (exact) mass is 257 g/mol. The molecule has 1 aromatic rings. The summed E-state index contributed by atoms with van der Waals surface area (Å²) in [5, 5.41) is 0.383. The van der Waals surface area contributed by atoms with Gasteiger partial charge in [0.1, 0.15) is 0 Å². The topological polar surface area (TPSA) is 20.3 Å². The van der Waals surface area contributed by atoms with Gasteiger partial charge in [-0.3, -0.25) is 4.79 Å². The molecule has 0 N–H and O–H groups in total. The van der Waals surface area contributed by atoms with Crippen molar-refractivity contribution >= 4 is 27.4 Å². The molecule has 0 amide bonds. The van der Waals surface area contributed by atoms with Crippen LogP contribution in [-0.4, -0.2) is 25.2 Å². The number of carbonyl (C=O) groups excluding carboxylic acids is 1. The van der Waals surface area contributed by atoms with Crippen molar-refractivity contribution in [3.63, 3.8) is 0 Å². The molecule has 1 aromatic carbocycles. The second kappa shape index (κ2) is 5.81. The highest BCUT2D eigenvalue weighted by Crippen LogP contribution is 2.12. The molecule has 0 aliphatic heterocycles. The van der Waals surface area contributed by atoms with Crippen LogP contribution in [0.1, 0.15) is 17.8 Å². The Morgan fingerprint density at radius 1 is 1.29 bits per heavy atom. The maximum atomic E-state index is 11.2. The molecule has 3 heteroatoms. The van der Waals surface area contributed by atoms with Crippen LogP contribution in [-0.2, 0) is 0 Å². The quantitative estimate of drug-likeness (QED) is 0.613. The minimum Gasteiger partial charge on any atom is -0.378 e. The molecule has 0 aromatic heterocycles. The molecule has 0 heterocycles. The fourth-order valence-corrected chi connectivity index (χ4v) is 1.35. The minimum absolute atomic E-state index is 0. The van der Waals surface area contributed by atoms with Crippen molar-refractivity contribution in [1.29, 1.82) is 0 Å². The highest BCUT2D eigenvalue weighted by Gasteiger charge is 2.03. The van der Waals surface area contributed by atoms with E-state index < -0.39 is 0 Å². The maximum absolute atomic E-state index is 11.2. The first-order chi connectivity index (χ1) is 6.15. The molecule has 0 saturated carbocycles. The smallest absolute Gasteiger partial charge is 0.173 e. The van der Waals surface area contributed by atoms with Gasteiger partial charge in [0.05, 0.1) is 5.33 Å². The van der Waals surface area contributed by atoms with Gasteiger partial charge in [0.2, 0.25) is 0 Å². The molecule has 0 bridgehead atoms. The Balaban J connectivity index is 0.00000169. The zero-order chi connectivity index (χ0) is 9.84. The van der Waals surface area contributed by atoms with Gasteiger partial charge in [-0.15, -0.1) is 0 Å². The van der Waals surface area contributed by atoms with Gasteiger partial charge in [-0.2, -0.15) is 0 Å². The molecular weight excluding hydrogens is 242 g/mol. The van der Waals surface area contributed by atoms with Gasteiger partial charge in [-0.1, -0.05) is 23.4 Å². The fraction of sp³-hybridized carbons (Fsp3) is 0.364. The first-order valence-corrected chi connectivity index (χ1v) is 5.14. The number of halogens is 1. The van der Waals surface area contributed by atoms with E-state index in [2.05, 4.69) is 15.9 Å². The number of anilines is 1. The molecule has 78 valence electrons. The Morgan fingerprint density at radius 2 is 1.79 bits per heavy atom. The number of benzene rings is 1. The summed E-state index contributed by atoms with van der Waals surface area (Å²) in [6.07, 6.45) is 0. The summed E-state index contributed by atoms with van der Waals surface area (Å²) < 4.78 is 0. The van der Waals surface area contributed by atoms with E-state index in [1.54, 1.807) is 0 Å². The summed E-state index contributed by atoms with van der Waals surface area (Å²) in [6, 6.07) is 7.57. The summed E-state index contributed by atoms with van der Waals surface area (Å²) >= 11 is 3.14. The number of rotatable bonds is 3. The third kappa shape index (κ3) is 3.14. The number of alkyl halides is 1. The van der Waals surface area contributed by atoms with Crippen LogP contribution in [0.15, 0.2) is 24.3 Å². The van der Waals surface area contributed by atoms with E-state index in [-0.39, 0.29) is 13.2 Å². The third-order valence-electron chi connectivity index (χ3n) is 1.83. The first kappa shape index (κ1) is 13.2. The van der Waals surface area contributed by atoms with Gasteiger partial charge in [0.15, 0.2) is 5.78 Å². The average molecular weight is 258 g/mol. The second-order valence-corrected chi connectivity index (χ2v) is 3.56. The van der Waals surface area contributed by atoms with E-state index in [0.29, 0.717) is 5.33 Å². The maximum Gasteiger partial charge on any atom is 0.173 e. The van der Waals surface area contributed by atoms with Crippen LogP contribution in [0.2, 0.25) is 0 Å². The lowest BCUT2D eigenvalue weighted by atomic mass is 10.1. The number of Topliss-reactive ketones (excluding diaryl/α,β-unsaturated/α-hetero) is 1. The van der Waals surface area contributed by atoms with Crippen LogP contribution in [0.4, 0.5) is 5.69 Å². The van der Waals surface area contributed by atoms with Gasteiger partial charge in [0.25, 0.3) is 0 Å². The van der Waals surface area contributed by atoms with Crippen LogP contribution in [0.25, 0.3) is 0 Å². The van der Waals surface area contributed by atoms with Crippen molar-refractivity contribution in [2.24, 2.45) is 0 Å². The predicted molar refractivity (Wildman–Crippen MR) is 65.6 cm³/mol. The number of carbonyl (C=O) groups is 1. The third-order valence-corrected chi connectivity index (χ3v) is 2.34. The van der Waals surface area contributed by atoms with Gasteiger partial charge in [-0.25, -0.2) is 0 Å². The number of hydrogen-bond donors (Lipinski definition) is 0. The molecule has 1 rings (SSSR count). The standard InChI is InChI=1S/C10H12BrNO.CH4/c1-12(2)9-5-3-8(4-6-9)10(13)7-11;/h3-6H,7H2,1-2H3;1H4.